The predicted molar refractivity (Wildman–Crippen MR) is 132 cm³/mol. The van der Waals surface area contributed by atoms with Crippen LogP contribution in [-0.4, -0.2) is 37.6 Å². The highest BCUT2D eigenvalue weighted by Crippen LogP contribution is 2.24. The topological polar surface area (TPSA) is 110 Å². The van der Waals surface area contributed by atoms with Crippen LogP contribution in [0.1, 0.15) is 11.3 Å². The zero-order valence-corrected chi connectivity index (χ0v) is 19.6. The third-order valence-electron chi connectivity index (χ3n) is 5.13. The second kappa shape index (κ2) is 10.9. The second-order valence-corrected chi connectivity index (χ2v) is 9.64. The quantitative estimate of drug-likeness (QED) is 0.331. The first-order chi connectivity index (χ1) is 16.9. The van der Waals surface area contributed by atoms with Crippen LogP contribution in [-0.2, 0) is 27.0 Å². The number of hydrogen-bond donors (Lipinski definition) is 1. The molecule has 180 valence electrons. The Bertz CT molecular complexity index is 1350. The van der Waals surface area contributed by atoms with Crippen molar-refractivity contribution in [3.8, 4) is 17.2 Å². The number of anilines is 1. The van der Waals surface area contributed by atoms with E-state index in [0.717, 1.165) is 15.6 Å². The first-order valence-electron chi connectivity index (χ1n) is 10.9. The fourth-order valence-corrected chi connectivity index (χ4v) is 4.97. The minimum absolute atomic E-state index is 0.250. The minimum atomic E-state index is -3.92. The first kappa shape index (κ1) is 24.0. The molecule has 4 aromatic rings. The third-order valence-corrected chi connectivity index (χ3v) is 6.84. The lowest BCUT2D eigenvalue weighted by atomic mass is 10.2. The van der Waals surface area contributed by atoms with Crippen molar-refractivity contribution in [2.75, 3.05) is 17.5 Å². The molecule has 0 aliphatic heterocycles. The molecule has 0 spiro atoms. The van der Waals surface area contributed by atoms with Crippen molar-refractivity contribution in [3.05, 3.63) is 102 Å². The summed E-state index contributed by atoms with van der Waals surface area (Å²) in [5.74, 6) is -0.483. The van der Waals surface area contributed by atoms with E-state index in [1.807, 2.05) is 30.3 Å². The number of rotatable bonds is 11. The fourth-order valence-electron chi connectivity index (χ4n) is 3.45. The molecule has 0 atom stereocenters. The summed E-state index contributed by atoms with van der Waals surface area (Å²) >= 11 is 0. The largest absolute Gasteiger partial charge is 0.493 e. The van der Waals surface area contributed by atoms with Gasteiger partial charge in [-0.2, -0.15) is 0 Å². The van der Waals surface area contributed by atoms with Crippen molar-refractivity contribution in [1.82, 2.24) is 4.98 Å². The summed E-state index contributed by atoms with van der Waals surface area (Å²) in [6.07, 6.45) is 2.12. The molecule has 4 rings (SSSR count). The summed E-state index contributed by atoms with van der Waals surface area (Å²) < 4.78 is 38.1. The van der Waals surface area contributed by atoms with Gasteiger partial charge >= 0.3 is 5.97 Å². The van der Waals surface area contributed by atoms with Crippen LogP contribution in [0.25, 0.3) is 11.5 Å². The number of nitrogens with zero attached hydrogens (tertiary/aromatic N) is 2. The predicted octanol–water partition coefficient (Wildman–Crippen LogP) is 4.38. The van der Waals surface area contributed by atoms with Crippen molar-refractivity contribution < 1.29 is 27.5 Å². The Morgan fingerprint density at radius 2 is 1.60 bits per heavy atom. The van der Waals surface area contributed by atoms with Crippen LogP contribution in [0.3, 0.4) is 0 Å². The maximum Gasteiger partial charge on any atom is 0.324 e. The van der Waals surface area contributed by atoms with Crippen molar-refractivity contribution in [2.24, 2.45) is 0 Å². The number of oxazole rings is 1. The number of aromatic nitrogens is 1. The molecular formula is C26H24N2O6S. The van der Waals surface area contributed by atoms with Crippen molar-refractivity contribution in [2.45, 2.75) is 12.2 Å². The Hall–Kier alpha value is -4.11. The van der Waals surface area contributed by atoms with Gasteiger partial charge < -0.3 is 14.3 Å². The van der Waals surface area contributed by atoms with E-state index in [2.05, 4.69) is 4.98 Å². The maximum absolute atomic E-state index is 13.0. The molecule has 0 saturated carbocycles. The molecule has 35 heavy (non-hydrogen) atoms. The van der Waals surface area contributed by atoms with E-state index in [4.69, 9.17) is 9.15 Å². The number of carboxylic acids is 1. The lowest BCUT2D eigenvalue weighted by Crippen LogP contribution is -2.36. The number of carboxylic acid groups (broad SMARTS) is 1. The molecule has 8 nitrogen and oxygen atoms in total. The van der Waals surface area contributed by atoms with Crippen LogP contribution >= 0.6 is 0 Å². The van der Waals surface area contributed by atoms with Gasteiger partial charge in [0.25, 0.3) is 0 Å². The van der Waals surface area contributed by atoms with Crippen LogP contribution in [0.15, 0.2) is 95.6 Å². The summed E-state index contributed by atoms with van der Waals surface area (Å²) in [7, 11) is -3.92. The van der Waals surface area contributed by atoms with E-state index in [0.29, 0.717) is 30.2 Å². The Labute approximate surface area is 203 Å². The smallest absolute Gasteiger partial charge is 0.324 e. The number of aliphatic carboxylic acids is 1. The van der Waals surface area contributed by atoms with Crippen molar-refractivity contribution >= 4 is 21.7 Å². The number of ether oxygens (including phenoxy) is 1. The molecule has 1 aromatic heterocycles. The Morgan fingerprint density at radius 1 is 0.943 bits per heavy atom. The van der Waals surface area contributed by atoms with Crippen LogP contribution in [0.4, 0.5) is 5.69 Å². The molecule has 0 aliphatic rings. The Kier molecular flexibility index (Phi) is 7.47. The minimum Gasteiger partial charge on any atom is -0.493 e. The molecule has 0 unspecified atom stereocenters. The average Bonchev–Trinajstić information content (AvgIpc) is 3.33. The molecule has 0 radical (unpaired) electrons. The Morgan fingerprint density at radius 3 is 2.26 bits per heavy atom. The van der Waals surface area contributed by atoms with Crippen LogP contribution < -0.4 is 9.04 Å². The number of carbonyl (C=O) groups is 1. The third kappa shape index (κ3) is 6.48. The van der Waals surface area contributed by atoms with Crippen molar-refractivity contribution in [3.63, 3.8) is 0 Å². The number of hydrogen-bond acceptors (Lipinski definition) is 6. The van der Waals surface area contributed by atoms with Gasteiger partial charge in [-0.15, -0.1) is 0 Å². The van der Waals surface area contributed by atoms with Crippen LogP contribution in [0.5, 0.6) is 5.75 Å². The van der Waals surface area contributed by atoms with E-state index < -0.39 is 22.5 Å². The van der Waals surface area contributed by atoms with E-state index in [9.17, 15) is 18.3 Å². The van der Waals surface area contributed by atoms with E-state index in [1.54, 1.807) is 48.7 Å². The summed E-state index contributed by atoms with van der Waals surface area (Å²) in [4.78, 5) is 15.8. The van der Waals surface area contributed by atoms with Gasteiger partial charge in [-0.25, -0.2) is 13.4 Å². The highest BCUT2D eigenvalue weighted by Gasteiger charge is 2.25. The van der Waals surface area contributed by atoms with Gasteiger partial charge in [-0.05, 0) is 42.0 Å². The summed E-state index contributed by atoms with van der Waals surface area (Å²) in [6.45, 7) is -0.337. The van der Waals surface area contributed by atoms with Gasteiger partial charge in [-0.1, -0.05) is 48.5 Å². The molecule has 0 fully saturated rings. The molecule has 9 heteroatoms. The standard InChI is InChI=1S/C26H24N2O6S/c29-25(30)17-28(35(31,32)19-20-7-3-1-4-8-20)23-11-13-24(14-12-23)33-16-15-22-18-34-26(27-22)21-9-5-2-6-10-21/h1-14,18H,15-17,19H2,(H,29,30). The average molecular weight is 493 g/mol. The van der Waals surface area contributed by atoms with Gasteiger partial charge in [0, 0.05) is 12.0 Å². The zero-order valence-electron chi connectivity index (χ0n) is 18.8. The molecule has 3 aromatic carbocycles. The lowest BCUT2D eigenvalue weighted by Gasteiger charge is -2.23. The Balaban J connectivity index is 1.39. The zero-order chi connectivity index (χ0) is 24.7. The highest BCUT2D eigenvalue weighted by atomic mass is 32.2. The molecule has 0 aliphatic carbocycles. The van der Waals surface area contributed by atoms with E-state index in [1.165, 1.54) is 12.1 Å². The van der Waals surface area contributed by atoms with Gasteiger partial charge in [-0.3, -0.25) is 9.10 Å². The normalized spacial score (nSPS) is 11.2. The number of sulfonamides is 1. The van der Waals surface area contributed by atoms with Crippen LogP contribution in [0.2, 0.25) is 0 Å². The molecule has 1 heterocycles. The fraction of sp³-hybridized carbons (Fsp3) is 0.154. The lowest BCUT2D eigenvalue weighted by molar-refractivity contribution is -0.135. The molecule has 0 bridgehead atoms. The molecule has 0 amide bonds. The van der Waals surface area contributed by atoms with E-state index in [-0.39, 0.29) is 11.4 Å². The highest BCUT2D eigenvalue weighted by molar-refractivity contribution is 7.92. The van der Waals surface area contributed by atoms with Gasteiger partial charge in [0.1, 0.15) is 18.6 Å². The maximum atomic E-state index is 13.0. The monoisotopic (exact) mass is 492 g/mol. The first-order valence-corrected chi connectivity index (χ1v) is 12.5. The number of benzene rings is 3. The summed E-state index contributed by atoms with van der Waals surface area (Å²) in [6, 6.07) is 24.5. The van der Waals surface area contributed by atoms with E-state index >= 15 is 0 Å². The summed E-state index contributed by atoms with van der Waals surface area (Å²) in [5, 5.41) is 9.28. The van der Waals surface area contributed by atoms with Gasteiger partial charge in [0.15, 0.2) is 0 Å². The molecular weight excluding hydrogens is 468 g/mol. The van der Waals surface area contributed by atoms with Crippen LogP contribution in [0, 0.1) is 0 Å². The summed E-state index contributed by atoms with van der Waals surface area (Å²) in [5.41, 5.74) is 2.47. The SMILES string of the molecule is O=C(O)CN(c1ccc(OCCc2coc(-c3ccccc3)n2)cc1)S(=O)(=O)Cc1ccccc1. The van der Waals surface area contributed by atoms with Gasteiger partial charge in [0.05, 0.1) is 23.7 Å². The van der Waals surface area contributed by atoms with Crippen molar-refractivity contribution in [1.29, 1.82) is 0 Å². The molecule has 1 N–H and O–H groups in total. The second-order valence-electron chi connectivity index (χ2n) is 7.74. The molecule has 0 saturated heterocycles. The van der Waals surface area contributed by atoms with Gasteiger partial charge in [0.2, 0.25) is 15.9 Å².